The highest BCUT2D eigenvalue weighted by atomic mass is 19.1. The van der Waals surface area contributed by atoms with E-state index in [1.807, 2.05) is 6.07 Å². The van der Waals surface area contributed by atoms with Gasteiger partial charge >= 0.3 is 6.09 Å². The quantitative estimate of drug-likeness (QED) is 0.393. The topological polar surface area (TPSA) is 142 Å². The first-order chi connectivity index (χ1) is 17.7. The molecule has 2 N–H and O–H groups in total. The molecule has 188 valence electrons. The number of benzene rings is 1. The third-order valence-corrected chi connectivity index (χ3v) is 6.19. The standard InChI is InChI=1S/C24H20F2N8O3/c1-12-5-14(8-27)31-34(12)23-15(13(2)35)3-4-22(30-23)33-11-28-19-7-18(16(25)6-21(19)33)29-20-10-32(24(36)37)9-17(20)26/h3-7,11,17,20,29H,9-10H2,1-2H3,(H,36,37)/t17-,20+/m1/s1. The van der Waals surface area contributed by atoms with E-state index in [-0.39, 0.29) is 41.6 Å². The number of alkyl halides is 1. The normalized spacial score (nSPS) is 17.2. The molecule has 11 nitrogen and oxygen atoms in total. The van der Waals surface area contributed by atoms with Gasteiger partial charge in [0.2, 0.25) is 0 Å². The number of halogens is 2. The Balaban J connectivity index is 1.53. The summed E-state index contributed by atoms with van der Waals surface area (Å²) in [7, 11) is 0. The summed E-state index contributed by atoms with van der Waals surface area (Å²) in [6.07, 6.45) is -1.29. The van der Waals surface area contributed by atoms with Crippen LogP contribution in [0.25, 0.3) is 22.7 Å². The highest BCUT2D eigenvalue weighted by molar-refractivity contribution is 5.97. The predicted octanol–water partition coefficient (Wildman–Crippen LogP) is 3.24. The Labute approximate surface area is 208 Å². The van der Waals surface area contributed by atoms with E-state index in [1.54, 1.807) is 25.1 Å². The Hall–Kier alpha value is -4.86. The number of anilines is 1. The number of rotatable bonds is 5. The van der Waals surface area contributed by atoms with Crippen LogP contribution in [0.1, 0.15) is 28.7 Å². The number of aromatic nitrogens is 5. The molecule has 2 atom stereocenters. The van der Waals surface area contributed by atoms with Crippen molar-refractivity contribution in [2.45, 2.75) is 26.1 Å². The van der Waals surface area contributed by atoms with Crippen LogP contribution in [0.15, 0.2) is 36.7 Å². The van der Waals surface area contributed by atoms with Crippen LogP contribution >= 0.6 is 0 Å². The number of nitrogens with zero attached hydrogens (tertiary/aromatic N) is 7. The van der Waals surface area contributed by atoms with Gasteiger partial charge in [-0.25, -0.2) is 28.2 Å². The van der Waals surface area contributed by atoms with Crippen LogP contribution in [-0.4, -0.2) is 71.5 Å². The number of nitriles is 1. The molecular weight excluding hydrogens is 486 g/mol. The lowest BCUT2D eigenvalue weighted by Crippen LogP contribution is -2.31. The summed E-state index contributed by atoms with van der Waals surface area (Å²) in [6.45, 7) is 2.71. The van der Waals surface area contributed by atoms with Gasteiger partial charge in [-0.15, -0.1) is 0 Å². The van der Waals surface area contributed by atoms with Crippen molar-refractivity contribution in [3.05, 3.63) is 59.4 Å². The molecule has 0 unspecified atom stereocenters. The van der Waals surface area contributed by atoms with Crippen molar-refractivity contribution in [3.8, 4) is 17.7 Å². The number of amides is 1. The van der Waals surface area contributed by atoms with E-state index in [1.165, 1.54) is 34.6 Å². The van der Waals surface area contributed by atoms with Crippen LogP contribution in [0.4, 0.5) is 19.3 Å². The van der Waals surface area contributed by atoms with E-state index in [0.29, 0.717) is 22.5 Å². The van der Waals surface area contributed by atoms with Crippen molar-refractivity contribution in [2.75, 3.05) is 18.4 Å². The van der Waals surface area contributed by atoms with Crippen molar-refractivity contribution in [3.63, 3.8) is 0 Å². The summed E-state index contributed by atoms with van der Waals surface area (Å²) >= 11 is 0. The number of ketones is 1. The van der Waals surface area contributed by atoms with E-state index in [2.05, 4.69) is 20.4 Å². The number of nitrogens with one attached hydrogen (secondary N) is 1. The van der Waals surface area contributed by atoms with Gasteiger partial charge < -0.3 is 15.3 Å². The molecular formula is C24H20F2N8O3. The summed E-state index contributed by atoms with van der Waals surface area (Å²) in [5.74, 6) is -0.396. The molecule has 0 bridgehead atoms. The molecule has 37 heavy (non-hydrogen) atoms. The molecule has 5 rings (SSSR count). The largest absolute Gasteiger partial charge is 0.465 e. The number of carboxylic acid groups (broad SMARTS) is 1. The van der Waals surface area contributed by atoms with E-state index < -0.39 is 24.1 Å². The minimum absolute atomic E-state index is 0.00517. The molecule has 1 amide bonds. The third-order valence-electron chi connectivity index (χ3n) is 6.19. The molecule has 13 heteroatoms. The maximum absolute atomic E-state index is 15.1. The third kappa shape index (κ3) is 4.22. The van der Waals surface area contributed by atoms with Gasteiger partial charge in [-0.05, 0) is 38.1 Å². The molecule has 4 heterocycles. The SMILES string of the molecule is CC(=O)c1ccc(-n2cnc3cc(N[C@H]4CN(C(=O)O)C[C@H]4F)c(F)cc32)nc1-n1nc(C#N)cc1C. The molecule has 0 saturated carbocycles. The highest BCUT2D eigenvalue weighted by Crippen LogP contribution is 2.28. The Bertz CT molecular complexity index is 1610. The first-order valence-electron chi connectivity index (χ1n) is 11.2. The summed E-state index contributed by atoms with van der Waals surface area (Å²) in [5.41, 5.74) is 1.79. The van der Waals surface area contributed by atoms with Gasteiger partial charge in [0.1, 0.15) is 30.2 Å². The van der Waals surface area contributed by atoms with Gasteiger partial charge in [-0.3, -0.25) is 9.36 Å². The number of Topliss-reactive ketones (excluding diaryl/α,β-unsaturated/α-hetero) is 1. The van der Waals surface area contributed by atoms with E-state index in [4.69, 9.17) is 5.11 Å². The number of likely N-dealkylation sites (tertiary alicyclic amines) is 1. The van der Waals surface area contributed by atoms with E-state index >= 15 is 4.39 Å². The van der Waals surface area contributed by atoms with Crippen LogP contribution in [0, 0.1) is 24.1 Å². The van der Waals surface area contributed by atoms with Crippen LogP contribution < -0.4 is 5.32 Å². The monoisotopic (exact) mass is 506 g/mol. The zero-order valence-corrected chi connectivity index (χ0v) is 19.7. The fraction of sp³-hybridized carbons (Fsp3) is 0.250. The Kier molecular flexibility index (Phi) is 5.79. The highest BCUT2D eigenvalue weighted by Gasteiger charge is 2.36. The van der Waals surface area contributed by atoms with E-state index in [9.17, 15) is 19.2 Å². The smallest absolute Gasteiger partial charge is 0.407 e. The second-order valence-electron chi connectivity index (χ2n) is 8.68. The van der Waals surface area contributed by atoms with Gasteiger partial charge in [-0.1, -0.05) is 0 Å². The van der Waals surface area contributed by atoms with Crippen LogP contribution in [0.3, 0.4) is 0 Å². The minimum atomic E-state index is -1.49. The maximum Gasteiger partial charge on any atom is 0.407 e. The second kappa shape index (κ2) is 8.98. The lowest BCUT2D eigenvalue weighted by molar-refractivity contribution is 0.101. The van der Waals surface area contributed by atoms with Gasteiger partial charge in [0, 0.05) is 18.3 Å². The minimum Gasteiger partial charge on any atom is -0.465 e. The van der Waals surface area contributed by atoms with Gasteiger partial charge in [-0.2, -0.15) is 10.4 Å². The number of carbonyl (C=O) groups is 2. The maximum atomic E-state index is 15.1. The number of hydrogen-bond acceptors (Lipinski definition) is 7. The number of imidazole rings is 1. The molecule has 1 aliphatic rings. The van der Waals surface area contributed by atoms with Crippen molar-refractivity contribution < 1.29 is 23.5 Å². The summed E-state index contributed by atoms with van der Waals surface area (Å²) in [6, 6.07) is 8.41. The molecule has 1 saturated heterocycles. The molecule has 0 spiro atoms. The molecule has 1 aromatic carbocycles. The summed E-state index contributed by atoms with van der Waals surface area (Å²) < 4.78 is 32.3. The van der Waals surface area contributed by atoms with Gasteiger partial charge in [0.15, 0.2) is 17.3 Å². The number of hydrogen-bond donors (Lipinski definition) is 2. The molecule has 1 aliphatic heterocycles. The number of aryl methyl sites for hydroxylation is 1. The zero-order valence-electron chi connectivity index (χ0n) is 19.7. The second-order valence-corrected chi connectivity index (χ2v) is 8.68. The Morgan fingerprint density at radius 3 is 2.68 bits per heavy atom. The molecule has 1 fully saturated rings. The van der Waals surface area contributed by atoms with E-state index in [0.717, 1.165) is 4.90 Å². The average Bonchev–Trinajstić information content (AvgIpc) is 3.55. The zero-order chi connectivity index (χ0) is 26.4. The lowest BCUT2D eigenvalue weighted by atomic mass is 10.2. The molecule has 0 aliphatic carbocycles. The van der Waals surface area contributed by atoms with Crippen molar-refractivity contribution in [1.29, 1.82) is 5.26 Å². The number of pyridine rings is 1. The first kappa shape index (κ1) is 23.9. The van der Waals surface area contributed by atoms with Crippen molar-refractivity contribution in [2.24, 2.45) is 0 Å². The van der Waals surface area contributed by atoms with Crippen LogP contribution in [0.2, 0.25) is 0 Å². The fourth-order valence-corrected chi connectivity index (χ4v) is 4.33. The molecule has 0 radical (unpaired) electrons. The van der Waals surface area contributed by atoms with Gasteiger partial charge in [0.05, 0.1) is 34.9 Å². The van der Waals surface area contributed by atoms with Crippen molar-refractivity contribution in [1.82, 2.24) is 29.2 Å². The summed E-state index contributed by atoms with van der Waals surface area (Å²) in [5, 5.41) is 25.2. The lowest BCUT2D eigenvalue weighted by Gasteiger charge is -2.16. The number of carbonyl (C=O) groups excluding carboxylic acids is 1. The Morgan fingerprint density at radius 2 is 2.03 bits per heavy atom. The average molecular weight is 506 g/mol. The van der Waals surface area contributed by atoms with Crippen molar-refractivity contribution >= 4 is 28.6 Å². The molecule has 3 aromatic heterocycles. The fourth-order valence-electron chi connectivity index (χ4n) is 4.33. The molecule has 4 aromatic rings. The first-order valence-corrected chi connectivity index (χ1v) is 11.2. The van der Waals surface area contributed by atoms with Crippen LogP contribution in [0.5, 0.6) is 0 Å². The van der Waals surface area contributed by atoms with Gasteiger partial charge in [0.25, 0.3) is 0 Å². The number of fused-ring (bicyclic) bond motifs is 1. The van der Waals surface area contributed by atoms with Crippen LogP contribution in [-0.2, 0) is 0 Å². The Morgan fingerprint density at radius 1 is 1.24 bits per heavy atom. The summed E-state index contributed by atoms with van der Waals surface area (Å²) in [4.78, 5) is 33.2. The predicted molar refractivity (Wildman–Crippen MR) is 127 cm³/mol.